The number of hydrogen-bond acceptors (Lipinski definition) is 6. The number of aryl methyl sites for hydroxylation is 1. The number of benzene rings is 2. The number of nitrogens with zero attached hydrogens (tertiary/aromatic N) is 3. The van der Waals surface area contributed by atoms with Gasteiger partial charge >= 0.3 is 0 Å². The summed E-state index contributed by atoms with van der Waals surface area (Å²) in [5.74, 6) is -1.22. The highest BCUT2D eigenvalue weighted by atomic mass is 19.1. The van der Waals surface area contributed by atoms with Gasteiger partial charge in [0.15, 0.2) is 23.0 Å². The van der Waals surface area contributed by atoms with Crippen molar-refractivity contribution in [3.05, 3.63) is 72.2 Å². The molecule has 198 valence electrons. The molecule has 2 aromatic heterocycles. The molecule has 0 saturated heterocycles. The SMILES string of the molecule is Cc1cccc(NC(=O)C2(C(=O)Nc3ccc(Oc4ccc5nc(NC(=O)C6CC6)cn5n4)c(F)c3)CC2)c1. The Bertz CT molecular complexity index is 1630. The van der Waals surface area contributed by atoms with Crippen LogP contribution in [-0.2, 0) is 14.4 Å². The van der Waals surface area contributed by atoms with Crippen molar-refractivity contribution in [2.24, 2.45) is 11.3 Å². The van der Waals surface area contributed by atoms with Gasteiger partial charge < -0.3 is 20.7 Å². The van der Waals surface area contributed by atoms with E-state index in [0.717, 1.165) is 24.5 Å². The van der Waals surface area contributed by atoms with E-state index in [1.54, 1.807) is 18.3 Å². The molecular weight excluding hydrogens is 503 g/mol. The number of amides is 3. The van der Waals surface area contributed by atoms with Crippen LogP contribution in [0.5, 0.6) is 11.6 Å². The molecule has 2 aliphatic rings. The molecule has 0 bridgehead atoms. The van der Waals surface area contributed by atoms with E-state index in [2.05, 4.69) is 26.0 Å². The lowest BCUT2D eigenvalue weighted by atomic mass is 10.0. The normalized spacial score (nSPS) is 15.4. The lowest BCUT2D eigenvalue weighted by molar-refractivity contribution is -0.131. The van der Waals surface area contributed by atoms with E-state index in [0.29, 0.717) is 30.0 Å². The lowest BCUT2D eigenvalue weighted by Gasteiger charge is -2.16. The van der Waals surface area contributed by atoms with Gasteiger partial charge in [0.05, 0.1) is 6.20 Å². The van der Waals surface area contributed by atoms with Gasteiger partial charge in [-0.15, -0.1) is 5.10 Å². The van der Waals surface area contributed by atoms with Crippen LogP contribution >= 0.6 is 0 Å². The smallest absolute Gasteiger partial charge is 0.240 e. The maximum absolute atomic E-state index is 14.9. The lowest BCUT2D eigenvalue weighted by Crippen LogP contribution is -2.35. The molecule has 2 aliphatic carbocycles. The highest BCUT2D eigenvalue weighted by Gasteiger charge is 2.56. The first-order valence-electron chi connectivity index (χ1n) is 12.6. The molecule has 3 N–H and O–H groups in total. The third-order valence-corrected chi connectivity index (χ3v) is 6.79. The van der Waals surface area contributed by atoms with E-state index in [4.69, 9.17) is 4.74 Å². The number of nitrogens with one attached hydrogen (secondary N) is 3. The summed E-state index contributed by atoms with van der Waals surface area (Å²) in [5, 5.41) is 12.5. The first kappa shape index (κ1) is 24.5. The molecule has 11 heteroatoms. The predicted molar refractivity (Wildman–Crippen MR) is 141 cm³/mol. The first-order chi connectivity index (χ1) is 18.8. The quantitative estimate of drug-likeness (QED) is 0.285. The van der Waals surface area contributed by atoms with Crippen LogP contribution in [0.2, 0.25) is 0 Å². The molecule has 0 spiro atoms. The molecule has 2 aromatic carbocycles. The van der Waals surface area contributed by atoms with Gasteiger partial charge in [-0.3, -0.25) is 14.4 Å². The number of ether oxygens (including phenoxy) is 1. The molecule has 2 fully saturated rings. The maximum Gasteiger partial charge on any atom is 0.240 e. The Morgan fingerprint density at radius 2 is 1.72 bits per heavy atom. The van der Waals surface area contributed by atoms with Crippen molar-refractivity contribution in [1.82, 2.24) is 14.6 Å². The fraction of sp³-hybridized carbons (Fsp3) is 0.250. The van der Waals surface area contributed by atoms with Crippen LogP contribution in [0.25, 0.3) is 5.65 Å². The van der Waals surface area contributed by atoms with E-state index >= 15 is 0 Å². The predicted octanol–water partition coefficient (Wildman–Crippen LogP) is 4.68. The van der Waals surface area contributed by atoms with Crippen molar-refractivity contribution in [3.8, 4) is 11.6 Å². The number of aromatic nitrogens is 3. The number of carbonyl (C=O) groups excluding carboxylic acids is 3. The van der Waals surface area contributed by atoms with E-state index in [-0.39, 0.29) is 35.0 Å². The van der Waals surface area contributed by atoms with Gasteiger partial charge in [-0.1, -0.05) is 12.1 Å². The fourth-order valence-electron chi connectivity index (χ4n) is 4.23. The summed E-state index contributed by atoms with van der Waals surface area (Å²) in [6.07, 6.45) is 4.14. The Kier molecular flexibility index (Phi) is 5.97. The van der Waals surface area contributed by atoms with Crippen molar-refractivity contribution in [1.29, 1.82) is 0 Å². The first-order valence-corrected chi connectivity index (χ1v) is 12.6. The highest BCUT2D eigenvalue weighted by Crippen LogP contribution is 2.47. The van der Waals surface area contributed by atoms with Gasteiger partial charge in [0, 0.05) is 29.4 Å². The molecular formula is C28H25FN6O4. The van der Waals surface area contributed by atoms with Crippen LogP contribution < -0.4 is 20.7 Å². The number of carbonyl (C=O) groups is 3. The Morgan fingerprint density at radius 1 is 0.974 bits per heavy atom. The second-order valence-electron chi connectivity index (χ2n) is 9.97. The van der Waals surface area contributed by atoms with Crippen LogP contribution in [0, 0.1) is 24.1 Å². The molecule has 3 amide bonds. The van der Waals surface area contributed by atoms with Gasteiger partial charge in [-0.2, -0.15) is 0 Å². The fourth-order valence-corrected chi connectivity index (χ4v) is 4.23. The van der Waals surface area contributed by atoms with Gasteiger partial charge in [0.1, 0.15) is 5.41 Å². The summed E-state index contributed by atoms with van der Waals surface area (Å²) >= 11 is 0. The number of rotatable bonds is 8. The zero-order valence-corrected chi connectivity index (χ0v) is 21.0. The molecule has 0 aliphatic heterocycles. The molecule has 0 unspecified atom stereocenters. The summed E-state index contributed by atoms with van der Waals surface area (Å²) in [6.45, 7) is 1.91. The Balaban J connectivity index is 1.10. The zero-order valence-electron chi connectivity index (χ0n) is 21.0. The molecule has 39 heavy (non-hydrogen) atoms. The summed E-state index contributed by atoms with van der Waals surface area (Å²) < 4.78 is 21.9. The minimum atomic E-state index is -1.18. The summed E-state index contributed by atoms with van der Waals surface area (Å²) in [7, 11) is 0. The highest BCUT2D eigenvalue weighted by molar-refractivity contribution is 6.16. The standard InChI is InChI=1S/C28H25FN6O4/c1-16-3-2-4-18(13-16)30-26(37)28(11-12-28)27(38)31-19-7-8-21(20(29)14-19)39-24-10-9-23-32-22(15-35(23)34-24)33-25(36)17-5-6-17/h2-4,7-10,13-15,17H,5-6,11-12H2,1H3,(H,30,37)(H,31,38)(H,33,36). The second-order valence-corrected chi connectivity index (χ2v) is 9.97. The topological polar surface area (TPSA) is 127 Å². The third-order valence-electron chi connectivity index (χ3n) is 6.79. The van der Waals surface area contributed by atoms with E-state index in [9.17, 15) is 18.8 Å². The molecule has 2 saturated carbocycles. The minimum Gasteiger partial charge on any atom is -0.434 e. The molecule has 2 heterocycles. The van der Waals surface area contributed by atoms with Gasteiger partial charge in [0.25, 0.3) is 0 Å². The summed E-state index contributed by atoms with van der Waals surface area (Å²) in [4.78, 5) is 42.1. The van der Waals surface area contributed by atoms with Crippen molar-refractivity contribution in [3.63, 3.8) is 0 Å². The van der Waals surface area contributed by atoms with Crippen LogP contribution in [0.3, 0.4) is 0 Å². The van der Waals surface area contributed by atoms with E-state index in [1.807, 2.05) is 25.1 Å². The monoisotopic (exact) mass is 528 g/mol. The summed E-state index contributed by atoms with van der Waals surface area (Å²) in [6, 6.07) is 14.5. The molecule has 4 aromatic rings. The molecule has 6 rings (SSSR count). The van der Waals surface area contributed by atoms with E-state index in [1.165, 1.54) is 22.7 Å². The minimum absolute atomic E-state index is 0.0444. The van der Waals surface area contributed by atoms with Crippen LogP contribution in [-0.4, -0.2) is 32.3 Å². The Hall–Kier alpha value is -4.80. The van der Waals surface area contributed by atoms with Crippen molar-refractivity contribution < 1.29 is 23.5 Å². The Labute approximate surface area is 222 Å². The van der Waals surface area contributed by atoms with Crippen molar-refractivity contribution >= 4 is 40.6 Å². The largest absolute Gasteiger partial charge is 0.434 e. The van der Waals surface area contributed by atoms with Gasteiger partial charge in [-0.25, -0.2) is 13.9 Å². The van der Waals surface area contributed by atoms with Gasteiger partial charge in [-0.05, 0) is 68.5 Å². The number of hydrogen-bond donors (Lipinski definition) is 3. The number of halogens is 1. The number of fused-ring (bicyclic) bond motifs is 1. The van der Waals surface area contributed by atoms with E-state index < -0.39 is 17.1 Å². The van der Waals surface area contributed by atoms with Crippen molar-refractivity contribution in [2.75, 3.05) is 16.0 Å². The molecule has 0 atom stereocenters. The average Bonchev–Trinajstić information content (AvgIpc) is 3.82. The molecule has 10 nitrogen and oxygen atoms in total. The maximum atomic E-state index is 14.9. The van der Waals surface area contributed by atoms with Crippen LogP contribution in [0.15, 0.2) is 60.8 Å². The zero-order chi connectivity index (χ0) is 27.1. The van der Waals surface area contributed by atoms with Crippen LogP contribution in [0.1, 0.15) is 31.2 Å². The van der Waals surface area contributed by atoms with Crippen LogP contribution in [0.4, 0.5) is 21.6 Å². The second kappa shape index (κ2) is 9.50. The van der Waals surface area contributed by atoms with Gasteiger partial charge in [0.2, 0.25) is 23.6 Å². The summed E-state index contributed by atoms with van der Waals surface area (Å²) in [5.41, 5.74) is 1.12. The number of anilines is 3. The Morgan fingerprint density at radius 3 is 2.38 bits per heavy atom. The molecule has 0 radical (unpaired) electrons. The number of imidazole rings is 1. The average molecular weight is 529 g/mol. The third kappa shape index (κ3) is 5.15. The van der Waals surface area contributed by atoms with Crippen molar-refractivity contribution in [2.45, 2.75) is 32.6 Å².